The van der Waals surface area contributed by atoms with E-state index in [1.165, 1.54) is 12.3 Å². The van der Waals surface area contributed by atoms with Crippen LogP contribution < -0.4 is 10.1 Å². The maximum atomic E-state index is 12.5. The van der Waals surface area contributed by atoms with Crippen LogP contribution in [-0.2, 0) is 14.3 Å². The predicted molar refractivity (Wildman–Crippen MR) is 113 cm³/mol. The highest BCUT2D eigenvalue weighted by Crippen LogP contribution is 2.20. The summed E-state index contributed by atoms with van der Waals surface area (Å²) in [6.45, 7) is 8.08. The fraction of sp³-hybridized carbons (Fsp3) is 0.636. The smallest absolute Gasteiger partial charge is 0.339 e. The van der Waals surface area contributed by atoms with Gasteiger partial charge < -0.3 is 19.5 Å². The van der Waals surface area contributed by atoms with E-state index in [4.69, 9.17) is 14.2 Å². The van der Waals surface area contributed by atoms with Gasteiger partial charge in [0.1, 0.15) is 6.54 Å². The molecule has 1 N–H and O–H groups in total. The van der Waals surface area contributed by atoms with Crippen LogP contribution in [0.3, 0.4) is 0 Å². The van der Waals surface area contributed by atoms with Crippen LogP contribution in [0, 0.1) is 0 Å². The second kappa shape index (κ2) is 14.4. The number of amides is 1. The summed E-state index contributed by atoms with van der Waals surface area (Å²) in [5.74, 6) is -1.47. The first-order chi connectivity index (χ1) is 14.4. The number of nitrogens with zero attached hydrogens (tertiary/aromatic N) is 1. The molecular weight excluding hydrogens is 388 g/mol. The number of unbranched alkanes of at least 4 members (excludes halogenated alkanes) is 4. The molecule has 168 valence electrons. The maximum Gasteiger partial charge on any atom is 0.339 e. The van der Waals surface area contributed by atoms with E-state index in [2.05, 4.69) is 17.2 Å². The zero-order valence-corrected chi connectivity index (χ0v) is 18.5. The van der Waals surface area contributed by atoms with Crippen molar-refractivity contribution >= 4 is 17.8 Å². The molecule has 0 aliphatic carbocycles. The lowest BCUT2D eigenvalue weighted by Crippen LogP contribution is -2.32. The summed E-state index contributed by atoms with van der Waals surface area (Å²) >= 11 is 0. The number of nitrogens with one attached hydrogen (secondary N) is 1. The minimum Gasteiger partial charge on any atom is -0.489 e. The normalized spacial score (nSPS) is 10.6. The third-order valence-corrected chi connectivity index (χ3v) is 4.05. The molecule has 1 aromatic rings. The number of carbonyl (C=O) groups is 3. The Morgan fingerprint density at radius 2 is 1.70 bits per heavy atom. The van der Waals surface area contributed by atoms with E-state index in [1.807, 2.05) is 6.92 Å². The van der Waals surface area contributed by atoms with Gasteiger partial charge in [-0.25, -0.2) is 9.78 Å². The zero-order chi connectivity index (χ0) is 22.4. The summed E-state index contributed by atoms with van der Waals surface area (Å²) in [5.41, 5.74) is 0.196. The molecule has 0 atom stereocenters. The van der Waals surface area contributed by atoms with E-state index in [9.17, 15) is 14.4 Å². The minimum absolute atomic E-state index is 0.00967. The van der Waals surface area contributed by atoms with Gasteiger partial charge in [-0.3, -0.25) is 9.59 Å². The predicted octanol–water partition coefficient (Wildman–Crippen LogP) is 3.68. The van der Waals surface area contributed by atoms with Crippen LogP contribution in [0.15, 0.2) is 12.3 Å². The summed E-state index contributed by atoms with van der Waals surface area (Å²) in [5, 5.41) is 2.47. The number of hydrogen-bond donors (Lipinski definition) is 1. The van der Waals surface area contributed by atoms with Crippen molar-refractivity contribution in [1.29, 1.82) is 0 Å². The van der Waals surface area contributed by atoms with Gasteiger partial charge in [0.2, 0.25) is 0 Å². The highest BCUT2D eigenvalue weighted by atomic mass is 16.5. The van der Waals surface area contributed by atoms with Crippen LogP contribution in [0.2, 0.25) is 0 Å². The first-order valence-corrected chi connectivity index (χ1v) is 10.7. The number of esters is 2. The van der Waals surface area contributed by atoms with E-state index >= 15 is 0 Å². The molecule has 0 aliphatic heterocycles. The van der Waals surface area contributed by atoms with Gasteiger partial charge in [-0.05, 0) is 32.8 Å². The molecule has 0 radical (unpaired) electrons. The van der Waals surface area contributed by atoms with E-state index in [0.717, 1.165) is 38.5 Å². The van der Waals surface area contributed by atoms with Crippen molar-refractivity contribution in [3.63, 3.8) is 0 Å². The molecule has 0 aromatic carbocycles. The third kappa shape index (κ3) is 9.71. The molecule has 0 bridgehead atoms. The minimum atomic E-state index is -0.586. The van der Waals surface area contributed by atoms with Gasteiger partial charge in [-0.2, -0.15) is 0 Å². The Bertz CT molecular complexity index is 690. The van der Waals surface area contributed by atoms with Crippen molar-refractivity contribution in [2.24, 2.45) is 0 Å². The summed E-state index contributed by atoms with van der Waals surface area (Å²) in [6.07, 6.45) is 6.72. The Morgan fingerprint density at radius 1 is 1.00 bits per heavy atom. The van der Waals surface area contributed by atoms with Gasteiger partial charge in [0.05, 0.1) is 24.9 Å². The average molecular weight is 423 g/mol. The van der Waals surface area contributed by atoms with Crippen molar-refractivity contribution in [3.05, 3.63) is 23.5 Å². The quantitative estimate of drug-likeness (QED) is 0.360. The van der Waals surface area contributed by atoms with Gasteiger partial charge >= 0.3 is 11.9 Å². The standard InChI is InChI=1S/C22H34N2O6/c1-5-7-9-10-12-29-22(27)17-13-18(30-16(3)4)20(23-14-17)21(26)24-15-19(25)28-11-8-6-2/h13-14,16H,5-12,15H2,1-4H3,(H,24,26). The number of carbonyl (C=O) groups excluding carboxylic acids is 3. The van der Waals surface area contributed by atoms with Crippen LogP contribution in [-0.4, -0.2) is 48.7 Å². The Hall–Kier alpha value is -2.64. The summed E-state index contributed by atoms with van der Waals surface area (Å²) in [7, 11) is 0. The van der Waals surface area contributed by atoms with Crippen molar-refractivity contribution in [2.75, 3.05) is 19.8 Å². The van der Waals surface area contributed by atoms with Crippen molar-refractivity contribution < 1.29 is 28.6 Å². The molecule has 0 fully saturated rings. The van der Waals surface area contributed by atoms with Crippen molar-refractivity contribution in [2.45, 2.75) is 72.3 Å². The van der Waals surface area contributed by atoms with Gasteiger partial charge in [-0.1, -0.05) is 39.5 Å². The fourth-order valence-electron chi connectivity index (χ4n) is 2.47. The first-order valence-electron chi connectivity index (χ1n) is 10.7. The zero-order valence-electron chi connectivity index (χ0n) is 18.5. The van der Waals surface area contributed by atoms with E-state index in [1.54, 1.807) is 13.8 Å². The number of pyridine rings is 1. The number of hydrogen-bond acceptors (Lipinski definition) is 7. The Balaban J connectivity index is 2.75. The highest BCUT2D eigenvalue weighted by Gasteiger charge is 2.20. The number of ether oxygens (including phenoxy) is 3. The largest absolute Gasteiger partial charge is 0.489 e. The van der Waals surface area contributed by atoms with E-state index in [0.29, 0.717) is 13.2 Å². The Morgan fingerprint density at radius 3 is 2.37 bits per heavy atom. The summed E-state index contributed by atoms with van der Waals surface area (Å²) in [4.78, 5) is 40.5. The van der Waals surface area contributed by atoms with Gasteiger partial charge in [-0.15, -0.1) is 0 Å². The van der Waals surface area contributed by atoms with Crippen LogP contribution in [0.5, 0.6) is 5.75 Å². The lowest BCUT2D eigenvalue weighted by Gasteiger charge is -2.14. The Labute approximate surface area is 178 Å². The van der Waals surface area contributed by atoms with Gasteiger partial charge in [0, 0.05) is 6.20 Å². The van der Waals surface area contributed by atoms with Crippen LogP contribution in [0.1, 0.15) is 87.1 Å². The molecule has 8 nitrogen and oxygen atoms in total. The molecule has 1 heterocycles. The lowest BCUT2D eigenvalue weighted by atomic mass is 10.2. The second-order valence-electron chi connectivity index (χ2n) is 7.19. The molecule has 0 unspecified atom stereocenters. The molecule has 0 aliphatic rings. The maximum absolute atomic E-state index is 12.5. The fourth-order valence-corrected chi connectivity index (χ4v) is 2.47. The van der Waals surface area contributed by atoms with Gasteiger partial charge in [0.25, 0.3) is 5.91 Å². The lowest BCUT2D eigenvalue weighted by molar-refractivity contribution is -0.142. The topological polar surface area (TPSA) is 104 Å². The number of rotatable bonds is 14. The molecule has 0 saturated heterocycles. The second-order valence-corrected chi connectivity index (χ2v) is 7.19. The molecule has 0 saturated carbocycles. The summed E-state index contributed by atoms with van der Waals surface area (Å²) in [6, 6.07) is 1.44. The summed E-state index contributed by atoms with van der Waals surface area (Å²) < 4.78 is 15.9. The molecule has 0 spiro atoms. The third-order valence-electron chi connectivity index (χ3n) is 4.05. The van der Waals surface area contributed by atoms with E-state index < -0.39 is 17.8 Å². The van der Waals surface area contributed by atoms with Crippen molar-refractivity contribution in [3.8, 4) is 5.75 Å². The highest BCUT2D eigenvalue weighted by molar-refractivity contribution is 5.98. The Kier molecular flexibility index (Phi) is 12.2. The average Bonchev–Trinajstić information content (AvgIpc) is 2.71. The molecule has 30 heavy (non-hydrogen) atoms. The van der Waals surface area contributed by atoms with Crippen LogP contribution >= 0.6 is 0 Å². The van der Waals surface area contributed by atoms with Gasteiger partial charge in [0.15, 0.2) is 11.4 Å². The molecule has 1 aromatic heterocycles. The van der Waals surface area contributed by atoms with Crippen molar-refractivity contribution in [1.82, 2.24) is 10.3 Å². The molecule has 1 amide bonds. The SMILES string of the molecule is CCCCCCOC(=O)c1cnc(C(=O)NCC(=O)OCCCC)c(OC(C)C)c1. The first kappa shape index (κ1) is 25.4. The van der Waals surface area contributed by atoms with Crippen LogP contribution in [0.4, 0.5) is 0 Å². The number of aromatic nitrogens is 1. The molecular formula is C22H34N2O6. The van der Waals surface area contributed by atoms with E-state index in [-0.39, 0.29) is 29.7 Å². The molecule has 1 rings (SSSR count). The van der Waals surface area contributed by atoms with Crippen LogP contribution in [0.25, 0.3) is 0 Å². The monoisotopic (exact) mass is 422 g/mol. The molecule has 8 heteroatoms.